The lowest BCUT2D eigenvalue weighted by atomic mass is 9.84. The van der Waals surface area contributed by atoms with Crippen LogP contribution in [0.4, 0.5) is 0 Å². The first-order chi connectivity index (χ1) is 10.8. The number of carbonyl (C=O) groups is 1. The number of hydrogen-bond donors (Lipinski definition) is 1. The topological polar surface area (TPSA) is 50.2 Å². The Morgan fingerprint density at radius 2 is 1.36 bits per heavy atom. The van der Waals surface area contributed by atoms with Gasteiger partial charge in [0, 0.05) is 12.1 Å². The van der Waals surface area contributed by atoms with Crippen LogP contribution >= 0.6 is 0 Å². The highest BCUT2D eigenvalue weighted by atomic mass is 16.4. The van der Waals surface area contributed by atoms with Gasteiger partial charge in [0.05, 0.1) is 0 Å². The number of rotatable bonds is 4. The van der Waals surface area contributed by atoms with E-state index >= 15 is 0 Å². The van der Waals surface area contributed by atoms with Gasteiger partial charge in [-0.15, -0.1) is 0 Å². The first-order valence-electron chi connectivity index (χ1n) is 7.05. The molecule has 22 heavy (non-hydrogen) atoms. The van der Waals surface area contributed by atoms with Gasteiger partial charge in [-0.05, 0) is 22.8 Å². The summed E-state index contributed by atoms with van der Waals surface area (Å²) in [5.41, 5.74) is 2.89. The van der Waals surface area contributed by atoms with Crippen molar-refractivity contribution in [3.63, 3.8) is 0 Å². The number of carboxylic acid groups (broad SMARTS) is 1. The summed E-state index contributed by atoms with van der Waals surface area (Å²) in [4.78, 5) is 15.6. The van der Waals surface area contributed by atoms with Gasteiger partial charge in [0.1, 0.15) is 0 Å². The minimum Gasteiger partial charge on any atom is -0.477 e. The van der Waals surface area contributed by atoms with Gasteiger partial charge in [0.2, 0.25) is 0 Å². The number of aromatic nitrogens is 1. The summed E-state index contributed by atoms with van der Waals surface area (Å²) in [5.74, 6) is -1.16. The van der Waals surface area contributed by atoms with E-state index in [2.05, 4.69) is 4.98 Å². The van der Waals surface area contributed by atoms with Crippen LogP contribution in [0, 0.1) is 0 Å². The molecule has 0 fully saturated rings. The third-order valence-corrected chi connectivity index (χ3v) is 3.62. The van der Waals surface area contributed by atoms with Gasteiger partial charge in [-0.2, -0.15) is 0 Å². The number of nitrogens with zero attached hydrogens (tertiary/aromatic N) is 1. The molecule has 0 aliphatic rings. The highest BCUT2D eigenvalue weighted by Gasteiger charge is 2.22. The second-order valence-electron chi connectivity index (χ2n) is 5.00. The van der Waals surface area contributed by atoms with Crippen molar-refractivity contribution in [3.8, 4) is 0 Å². The van der Waals surface area contributed by atoms with Crippen molar-refractivity contribution in [3.05, 3.63) is 101 Å². The van der Waals surface area contributed by atoms with Crippen molar-refractivity contribution < 1.29 is 9.90 Å². The van der Waals surface area contributed by atoms with Crippen LogP contribution in [0.5, 0.6) is 0 Å². The largest absolute Gasteiger partial charge is 0.477 e. The predicted octanol–water partition coefficient (Wildman–Crippen LogP) is 3.96. The Hall–Kier alpha value is -2.94. The van der Waals surface area contributed by atoms with Gasteiger partial charge in [0.15, 0.2) is 5.69 Å². The maximum absolute atomic E-state index is 11.5. The molecule has 2 aromatic carbocycles. The van der Waals surface area contributed by atoms with Gasteiger partial charge in [-0.3, -0.25) is 0 Å². The van der Waals surface area contributed by atoms with Crippen LogP contribution in [0.2, 0.25) is 0 Å². The third-order valence-electron chi connectivity index (χ3n) is 3.62. The average Bonchev–Trinajstić information content (AvgIpc) is 2.57. The molecule has 0 unspecified atom stereocenters. The zero-order chi connectivity index (χ0) is 15.4. The molecule has 1 heterocycles. The van der Waals surface area contributed by atoms with E-state index in [1.807, 2.05) is 66.7 Å². The Kier molecular flexibility index (Phi) is 3.97. The molecule has 0 amide bonds. The van der Waals surface area contributed by atoms with Crippen LogP contribution in [0.1, 0.15) is 33.1 Å². The number of hydrogen-bond acceptors (Lipinski definition) is 2. The van der Waals surface area contributed by atoms with Gasteiger partial charge in [0.25, 0.3) is 0 Å². The van der Waals surface area contributed by atoms with Crippen molar-refractivity contribution in [2.45, 2.75) is 5.92 Å². The lowest BCUT2D eigenvalue weighted by molar-refractivity contribution is 0.0689. The Balaban J connectivity index is 2.21. The van der Waals surface area contributed by atoms with E-state index in [0.29, 0.717) is 5.56 Å². The zero-order valence-corrected chi connectivity index (χ0v) is 11.9. The molecule has 0 radical (unpaired) electrons. The Bertz CT molecular complexity index is 730. The highest BCUT2D eigenvalue weighted by molar-refractivity contribution is 5.87. The number of benzene rings is 2. The van der Waals surface area contributed by atoms with E-state index in [9.17, 15) is 9.90 Å². The molecule has 0 aliphatic carbocycles. The van der Waals surface area contributed by atoms with E-state index in [-0.39, 0.29) is 11.6 Å². The summed E-state index contributed by atoms with van der Waals surface area (Å²) >= 11 is 0. The first-order valence-corrected chi connectivity index (χ1v) is 7.05. The van der Waals surface area contributed by atoms with Crippen LogP contribution in [0.3, 0.4) is 0 Å². The molecule has 0 aliphatic heterocycles. The standard InChI is InChI=1S/C19H15NO2/c21-19(22)18-16(12-7-13-20-18)17(14-8-3-1-4-9-14)15-10-5-2-6-11-15/h1-13,17H,(H,21,22). The van der Waals surface area contributed by atoms with Crippen molar-refractivity contribution in [2.24, 2.45) is 0 Å². The minimum absolute atomic E-state index is 0.0974. The van der Waals surface area contributed by atoms with E-state index in [1.54, 1.807) is 6.07 Å². The van der Waals surface area contributed by atoms with Crippen LogP contribution in [0.25, 0.3) is 0 Å². The van der Waals surface area contributed by atoms with Crippen LogP contribution < -0.4 is 0 Å². The summed E-state index contributed by atoms with van der Waals surface area (Å²) in [6, 6.07) is 23.4. The quantitative estimate of drug-likeness (QED) is 0.791. The molecule has 1 N–H and O–H groups in total. The van der Waals surface area contributed by atoms with Gasteiger partial charge in [-0.25, -0.2) is 9.78 Å². The van der Waals surface area contributed by atoms with Gasteiger partial charge < -0.3 is 5.11 Å². The van der Waals surface area contributed by atoms with Crippen LogP contribution in [0.15, 0.2) is 79.0 Å². The highest BCUT2D eigenvalue weighted by Crippen LogP contribution is 2.33. The second kappa shape index (κ2) is 6.22. The van der Waals surface area contributed by atoms with Gasteiger partial charge >= 0.3 is 5.97 Å². The summed E-state index contributed by atoms with van der Waals surface area (Å²) < 4.78 is 0. The first kappa shape index (κ1) is 14.0. The van der Waals surface area contributed by atoms with Crippen molar-refractivity contribution >= 4 is 5.97 Å². The summed E-state index contributed by atoms with van der Waals surface area (Å²) in [6.45, 7) is 0. The molecule has 3 nitrogen and oxygen atoms in total. The molecule has 0 atom stereocenters. The minimum atomic E-state index is -1.01. The molecule has 0 bridgehead atoms. The number of pyridine rings is 1. The molecule has 3 aromatic rings. The van der Waals surface area contributed by atoms with Crippen molar-refractivity contribution in [1.29, 1.82) is 0 Å². The summed E-state index contributed by atoms with van der Waals surface area (Å²) in [5, 5.41) is 9.45. The molecular formula is C19H15NO2. The maximum atomic E-state index is 11.5. The lowest BCUT2D eigenvalue weighted by Crippen LogP contribution is -2.11. The Morgan fingerprint density at radius 3 is 1.86 bits per heavy atom. The monoisotopic (exact) mass is 289 g/mol. The molecule has 1 aromatic heterocycles. The Morgan fingerprint density at radius 1 is 0.818 bits per heavy atom. The van der Waals surface area contributed by atoms with E-state index in [0.717, 1.165) is 11.1 Å². The van der Waals surface area contributed by atoms with E-state index < -0.39 is 5.97 Å². The van der Waals surface area contributed by atoms with Crippen molar-refractivity contribution in [1.82, 2.24) is 4.98 Å². The van der Waals surface area contributed by atoms with E-state index in [4.69, 9.17) is 0 Å². The van der Waals surface area contributed by atoms with E-state index in [1.165, 1.54) is 6.20 Å². The number of carboxylic acids is 1. The molecular weight excluding hydrogens is 274 g/mol. The summed E-state index contributed by atoms with van der Waals surface area (Å²) in [7, 11) is 0. The fourth-order valence-corrected chi connectivity index (χ4v) is 2.67. The fourth-order valence-electron chi connectivity index (χ4n) is 2.67. The molecule has 0 spiro atoms. The van der Waals surface area contributed by atoms with Crippen molar-refractivity contribution in [2.75, 3.05) is 0 Å². The smallest absolute Gasteiger partial charge is 0.354 e. The lowest BCUT2D eigenvalue weighted by Gasteiger charge is -2.20. The Labute approximate surface area is 128 Å². The summed E-state index contributed by atoms with van der Waals surface area (Å²) in [6.07, 6.45) is 1.51. The molecule has 0 saturated carbocycles. The fraction of sp³-hybridized carbons (Fsp3) is 0.0526. The van der Waals surface area contributed by atoms with Crippen LogP contribution in [-0.2, 0) is 0 Å². The molecule has 3 heteroatoms. The zero-order valence-electron chi connectivity index (χ0n) is 11.9. The molecule has 0 saturated heterocycles. The average molecular weight is 289 g/mol. The maximum Gasteiger partial charge on any atom is 0.354 e. The molecule has 3 rings (SSSR count). The van der Waals surface area contributed by atoms with Gasteiger partial charge in [-0.1, -0.05) is 66.7 Å². The SMILES string of the molecule is O=C(O)c1ncccc1C(c1ccccc1)c1ccccc1. The molecule has 108 valence electrons. The normalized spacial score (nSPS) is 10.6. The third kappa shape index (κ3) is 2.74. The van der Waals surface area contributed by atoms with Crippen LogP contribution in [-0.4, -0.2) is 16.1 Å². The second-order valence-corrected chi connectivity index (χ2v) is 5.00. The predicted molar refractivity (Wildman–Crippen MR) is 85.0 cm³/mol. The number of aromatic carboxylic acids is 1.